The maximum Gasteiger partial charge on any atom is 0.407 e. The summed E-state index contributed by atoms with van der Waals surface area (Å²) in [5.41, 5.74) is 7.95. The molecule has 6 nitrogen and oxygen atoms in total. The van der Waals surface area contributed by atoms with Gasteiger partial charge in [-0.25, -0.2) is 9.18 Å². The van der Waals surface area contributed by atoms with E-state index in [0.29, 0.717) is 38.9 Å². The van der Waals surface area contributed by atoms with Gasteiger partial charge in [0.25, 0.3) is 0 Å². The van der Waals surface area contributed by atoms with Crippen LogP contribution in [0.2, 0.25) is 0 Å². The van der Waals surface area contributed by atoms with Crippen molar-refractivity contribution in [3.05, 3.63) is 89.0 Å². The number of hydrogen-bond acceptors (Lipinski definition) is 4. The van der Waals surface area contributed by atoms with Gasteiger partial charge in [-0.3, -0.25) is 4.79 Å². The zero-order valence-corrected chi connectivity index (χ0v) is 22.7. The largest absolute Gasteiger partial charge is 0.449 e. The molecule has 0 spiro atoms. The van der Waals surface area contributed by atoms with E-state index in [1.807, 2.05) is 36.4 Å². The fraction of sp³-hybridized carbons (Fsp3) is 0.394. The Balaban J connectivity index is 1.12. The third kappa shape index (κ3) is 5.75. The summed E-state index contributed by atoms with van der Waals surface area (Å²) >= 11 is 0. The highest BCUT2D eigenvalue weighted by Gasteiger charge is 2.30. The first kappa shape index (κ1) is 26.5. The maximum absolute atomic E-state index is 13.6. The second-order valence-electron chi connectivity index (χ2n) is 11.2. The number of benzene rings is 3. The minimum absolute atomic E-state index is 0.0566. The lowest BCUT2D eigenvalue weighted by atomic mass is 9.98. The van der Waals surface area contributed by atoms with E-state index in [1.54, 1.807) is 0 Å². The number of rotatable bonds is 8. The number of aryl methyl sites for hydroxylation is 2. The van der Waals surface area contributed by atoms with Gasteiger partial charge in [0, 0.05) is 31.2 Å². The first-order valence-corrected chi connectivity index (χ1v) is 14.5. The van der Waals surface area contributed by atoms with E-state index in [2.05, 4.69) is 45.9 Å². The Labute approximate surface area is 234 Å². The molecule has 1 atom stereocenters. The Kier molecular flexibility index (Phi) is 7.82. The fourth-order valence-electron chi connectivity index (χ4n) is 6.37. The predicted molar refractivity (Wildman–Crippen MR) is 154 cm³/mol. The molecule has 1 saturated heterocycles. The minimum Gasteiger partial charge on any atom is -0.449 e. The molecule has 6 rings (SSSR count). The molecule has 0 saturated carbocycles. The van der Waals surface area contributed by atoms with Crippen molar-refractivity contribution in [3.8, 4) is 11.1 Å². The Morgan fingerprint density at radius 2 is 1.60 bits per heavy atom. The maximum atomic E-state index is 13.6. The number of amides is 2. The van der Waals surface area contributed by atoms with E-state index in [4.69, 9.17) is 4.74 Å². The number of carbonyl (C=O) groups excluding carboxylic acids is 2. The number of nitrogens with one attached hydrogen (secondary N) is 2. The molecule has 3 aliphatic rings. The lowest BCUT2D eigenvalue weighted by Crippen LogP contribution is -2.47. The third-order valence-electron chi connectivity index (χ3n) is 8.57. The summed E-state index contributed by atoms with van der Waals surface area (Å²) in [6.07, 6.45) is 3.28. The first-order chi connectivity index (χ1) is 19.5. The second kappa shape index (κ2) is 11.8. The van der Waals surface area contributed by atoms with Crippen molar-refractivity contribution < 1.29 is 18.7 Å². The predicted octanol–water partition coefficient (Wildman–Crippen LogP) is 5.85. The number of piperidine rings is 1. The van der Waals surface area contributed by atoms with Crippen LogP contribution in [-0.4, -0.2) is 55.4 Å². The number of fused-ring (bicyclic) bond motifs is 4. The van der Waals surface area contributed by atoms with Gasteiger partial charge in [-0.2, -0.15) is 0 Å². The summed E-state index contributed by atoms with van der Waals surface area (Å²) in [4.78, 5) is 28.6. The van der Waals surface area contributed by atoms with Crippen LogP contribution in [0.5, 0.6) is 0 Å². The number of hydrogen-bond donors (Lipinski definition) is 2. The van der Waals surface area contributed by atoms with Crippen molar-refractivity contribution in [1.82, 2.24) is 10.2 Å². The Morgan fingerprint density at radius 1 is 0.925 bits per heavy atom. The molecule has 3 aromatic carbocycles. The number of ether oxygens (including phenoxy) is 1. The van der Waals surface area contributed by atoms with E-state index in [9.17, 15) is 14.0 Å². The minimum atomic E-state index is -0.771. The third-order valence-corrected chi connectivity index (χ3v) is 8.57. The van der Waals surface area contributed by atoms with Crippen molar-refractivity contribution in [2.45, 2.75) is 56.7 Å². The van der Waals surface area contributed by atoms with E-state index in [0.717, 1.165) is 47.2 Å². The summed E-state index contributed by atoms with van der Waals surface area (Å²) in [5, 5.41) is 5.84. The van der Waals surface area contributed by atoms with Gasteiger partial charge in [-0.1, -0.05) is 54.6 Å². The standard InChI is InChI=1S/C33H36FN3O3/c34-24-14-17-37(18-15-24)19-16-31(32(38)35-25-13-12-22-6-5-7-23(22)20-25)36-33(39)40-21-30-28-10-3-1-8-26(28)27-9-2-4-11-29(27)30/h1-4,8-13,20,24,30-31H,5-7,14-19,21H2,(H,35,38)(H,36,39)/t31-/m0/s1. The lowest BCUT2D eigenvalue weighted by molar-refractivity contribution is -0.118. The normalized spacial score (nSPS) is 17.5. The fourth-order valence-corrected chi connectivity index (χ4v) is 6.37. The zero-order chi connectivity index (χ0) is 27.5. The number of alkyl halides is 1. The Bertz CT molecular complexity index is 1340. The van der Waals surface area contributed by atoms with Gasteiger partial charge >= 0.3 is 6.09 Å². The molecule has 2 aliphatic carbocycles. The molecule has 208 valence electrons. The molecule has 0 aromatic heterocycles. The van der Waals surface area contributed by atoms with Crippen molar-refractivity contribution in [2.24, 2.45) is 0 Å². The average molecular weight is 542 g/mol. The number of likely N-dealkylation sites (tertiary alicyclic amines) is 1. The van der Waals surface area contributed by atoms with Crippen LogP contribution in [0.1, 0.15) is 53.9 Å². The summed E-state index contributed by atoms with van der Waals surface area (Å²) in [5.74, 6) is -0.328. The van der Waals surface area contributed by atoms with Crippen LogP contribution in [0.25, 0.3) is 11.1 Å². The molecule has 7 heteroatoms. The monoisotopic (exact) mass is 541 g/mol. The van der Waals surface area contributed by atoms with Gasteiger partial charge in [-0.15, -0.1) is 0 Å². The molecular formula is C33H36FN3O3. The summed E-state index contributed by atoms with van der Waals surface area (Å²) in [7, 11) is 0. The Hall–Kier alpha value is -3.71. The average Bonchev–Trinajstić information content (AvgIpc) is 3.57. The number of carbonyl (C=O) groups is 2. The molecule has 40 heavy (non-hydrogen) atoms. The molecule has 0 bridgehead atoms. The van der Waals surface area contributed by atoms with E-state index in [-0.39, 0.29) is 18.4 Å². The summed E-state index contributed by atoms with van der Waals surface area (Å²) < 4.78 is 19.4. The van der Waals surface area contributed by atoms with Crippen molar-refractivity contribution in [2.75, 3.05) is 31.6 Å². The number of halogens is 1. The number of alkyl carbamates (subject to hydrolysis) is 1. The number of nitrogens with zero attached hydrogens (tertiary/aromatic N) is 1. The number of anilines is 1. The highest BCUT2D eigenvalue weighted by Crippen LogP contribution is 2.44. The zero-order valence-electron chi connectivity index (χ0n) is 22.7. The van der Waals surface area contributed by atoms with Crippen LogP contribution in [0, 0.1) is 0 Å². The van der Waals surface area contributed by atoms with Gasteiger partial charge < -0.3 is 20.3 Å². The smallest absolute Gasteiger partial charge is 0.407 e. The Morgan fingerprint density at radius 3 is 2.33 bits per heavy atom. The summed E-state index contributed by atoms with van der Waals surface area (Å²) in [6, 6.07) is 21.7. The quantitative estimate of drug-likeness (QED) is 0.376. The second-order valence-corrected chi connectivity index (χ2v) is 11.2. The SMILES string of the molecule is O=C(N[C@@H](CCN1CCC(F)CC1)C(=O)Nc1ccc2c(c1)CCC2)OCC1c2ccccc2-c2ccccc21. The molecule has 0 unspecified atom stereocenters. The summed E-state index contributed by atoms with van der Waals surface area (Å²) in [6.45, 7) is 2.10. The van der Waals surface area contributed by atoms with Gasteiger partial charge in [0.15, 0.2) is 0 Å². The van der Waals surface area contributed by atoms with Crippen LogP contribution in [0.15, 0.2) is 66.7 Å². The molecule has 1 fully saturated rings. The van der Waals surface area contributed by atoms with E-state index < -0.39 is 18.3 Å². The molecule has 3 aromatic rings. The van der Waals surface area contributed by atoms with Gasteiger partial charge in [0.1, 0.15) is 18.8 Å². The van der Waals surface area contributed by atoms with Crippen LogP contribution >= 0.6 is 0 Å². The first-order valence-electron chi connectivity index (χ1n) is 14.5. The van der Waals surface area contributed by atoms with Crippen molar-refractivity contribution in [1.29, 1.82) is 0 Å². The van der Waals surface area contributed by atoms with Crippen LogP contribution in [0.4, 0.5) is 14.9 Å². The molecule has 0 radical (unpaired) electrons. The highest BCUT2D eigenvalue weighted by molar-refractivity contribution is 5.96. The topological polar surface area (TPSA) is 70.7 Å². The van der Waals surface area contributed by atoms with Gasteiger partial charge in [-0.05, 0) is 84.0 Å². The van der Waals surface area contributed by atoms with Crippen LogP contribution < -0.4 is 10.6 Å². The molecule has 2 N–H and O–H groups in total. The lowest BCUT2D eigenvalue weighted by Gasteiger charge is -2.29. The van der Waals surface area contributed by atoms with Crippen LogP contribution in [0.3, 0.4) is 0 Å². The van der Waals surface area contributed by atoms with Gasteiger partial charge in [0.05, 0.1) is 0 Å². The molecule has 2 amide bonds. The van der Waals surface area contributed by atoms with Crippen molar-refractivity contribution >= 4 is 17.7 Å². The van der Waals surface area contributed by atoms with E-state index in [1.165, 1.54) is 11.1 Å². The van der Waals surface area contributed by atoms with Crippen LogP contribution in [-0.2, 0) is 22.4 Å². The molecule has 1 heterocycles. The highest BCUT2D eigenvalue weighted by atomic mass is 19.1. The molecule has 1 aliphatic heterocycles. The molecular weight excluding hydrogens is 505 g/mol. The van der Waals surface area contributed by atoms with E-state index >= 15 is 0 Å². The van der Waals surface area contributed by atoms with Crippen molar-refractivity contribution in [3.63, 3.8) is 0 Å². The van der Waals surface area contributed by atoms with Gasteiger partial charge in [0.2, 0.25) is 5.91 Å².